The monoisotopic (exact) mass is 502 g/mol. The van der Waals surface area contributed by atoms with Crippen molar-refractivity contribution in [2.45, 2.75) is 20.5 Å². The van der Waals surface area contributed by atoms with Gasteiger partial charge < -0.3 is 14.4 Å². The number of pyridine rings is 1. The van der Waals surface area contributed by atoms with E-state index in [1.54, 1.807) is 57.4 Å². The van der Waals surface area contributed by atoms with E-state index in [1.165, 1.54) is 22.6 Å². The van der Waals surface area contributed by atoms with Crippen LogP contribution in [-0.4, -0.2) is 36.6 Å². The topological polar surface area (TPSA) is 60.8 Å². The average molecular weight is 503 g/mol. The highest BCUT2D eigenvalue weighted by atomic mass is 79.9. The molecule has 1 aromatic heterocycles. The molecule has 0 aliphatic heterocycles. The van der Waals surface area contributed by atoms with E-state index < -0.39 is 5.56 Å². The van der Waals surface area contributed by atoms with E-state index in [1.807, 2.05) is 6.92 Å². The van der Waals surface area contributed by atoms with E-state index in [0.717, 1.165) is 5.56 Å². The molecular formula is C24H24BrFN2O4. The number of nitrogens with zero attached hydrogens (tertiary/aromatic N) is 2. The number of carbonyl (C=O) groups is 1. The van der Waals surface area contributed by atoms with Crippen LogP contribution in [0.25, 0.3) is 5.69 Å². The molecule has 0 atom stereocenters. The molecule has 6 nitrogen and oxygen atoms in total. The summed E-state index contributed by atoms with van der Waals surface area (Å²) in [6, 6.07) is 11.5. The quantitative estimate of drug-likeness (QED) is 0.492. The van der Waals surface area contributed by atoms with Gasteiger partial charge in [0.2, 0.25) is 0 Å². The number of aryl methyl sites for hydroxylation is 2. The minimum absolute atomic E-state index is 0.0241. The summed E-state index contributed by atoms with van der Waals surface area (Å²) in [7, 11) is 4.81. The summed E-state index contributed by atoms with van der Waals surface area (Å²) < 4.78 is 26.9. The van der Waals surface area contributed by atoms with Crippen molar-refractivity contribution < 1.29 is 18.7 Å². The van der Waals surface area contributed by atoms with Gasteiger partial charge in [-0.05, 0) is 59.6 Å². The van der Waals surface area contributed by atoms with Crippen LogP contribution in [0, 0.1) is 19.7 Å². The second kappa shape index (κ2) is 9.56. The van der Waals surface area contributed by atoms with Crippen LogP contribution in [0.1, 0.15) is 27.2 Å². The summed E-state index contributed by atoms with van der Waals surface area (Å²) in [5.74, 6) is 0.174. The number of amides is 1. The molecule has 0 bridgehead atoms. The first kappa shape index (κ1) is 23.5. The van der Waals surface area contributed by atoms with Crippen LogP contribution in [0.5, 0.6) is 11.5 Å². The number of aromatic nitrogens is 1. The van der Waals surface area contributed by atoms with Crippen LogP contribution in [0.2, 0.25) is 0 Å². The van der Waals surface area contributed by atoms with Crippen LogP contribution in [0.4, 0.5) is 4.39 Å². The Balaban J connectivity index is 2.03. The third-order valence-electron chi connectivity index (χ3n) is 4.96. The summed E-state index contributed by atoms with van der Waals surface area (Å²) in [5.41, 5.74) is 2.22. The summed E-state index contributed by atoms with van der Waals surface area (Å²) >= 11 is 3.32. The lowest BCUT2D eigenvalue weighted by Crippen LogP contribution is -2.24. The van der Waals surface area contributed by atoms with Gasteiger partial charge in [0.15, 0.2) is 0 Å². The molecular weight excluding hydrogens is 479 g/mol. The first-order chi connectivity index (χ1) is 15.1. The minimum Gasteiger partial charge on any atom is -0.495 e. The fourth-order valence-corrected chi connectivity index (χ4v) is 3.67. The smallest absolute Gasteiger partial charge is 0.273 e. The van der Waals surface area contributed by atoms with Crippen LogP contribution in [0.3, 0.4) is 0 Å². The molecule has 0 aliphatic rings. The van der Waals surface area contributed by atoms with Crippen molar-refractivity contribution in [3.8, 4) is 17.2 Å². The molecule has 0 N–H and O–H groups in total. The molecule has 0 spiro atoms. The maximum Gasteiger partial charge on any atom is 0.273 e. The Morgan fingerprint density at radius 3 is 2.44 bits per heavy atom. The molecule has 3 rings (SSSR count). The number of methoxy groups -OCH3 is 1. The van der Waals surface area contributed by atoms with E-state index in [4.69, 9.17) is 9.47 Å². The maximum absolute atomic E-state index is 14.1. The fourth-order valence-electron chi connectivity index (χ4n) is 3.27. The zero-order chi connectivity index (χ0) is 23.6. The van der Waals surface area contributed by atoms with Gasteiger partial charge in [0.05, 0.1) is 12.8 Å². The van der Waals surface area contributed by atoms with Gasteiger partial charge in [-0.1, -0.05) is 12.1 Å². The van der Waals surface area contributed by atoms with Crippen LogP contribution in [-0.2, 0) is 6.61 Å². The number of rotatable bonds is 6. The van der Waals surface area contributed by atoms with E-state index in [-0.39, 0.29) is 22.8 Å². The van der Waals surface area contributed by atoms with E-state index >= 15 is 0 Å². The summed E-state index contributed by atoms with van der Waals surface area (Å²) in [6.07, 6.45) is 0. The van der Waals surface area contributed by atoms with Crippen molar-refractivity contribution in [2.24, 2.45) is 0 Å². The van der Waals surface area contributed by atoms with E-state index in [0.29, 0.717) is 34.0 Å². The summed E-state index contributed by atoms with van der Waals surface area (Å²) in [6.45, 7) is 3.53. The molecule has 1 heterocycles. The third-order valence-corrected chi connectivity index (χ3v) is 5.69. The Kier molecular flexibility index (Phi) is 7.03. The van der Waals surface area contributed by atoms with Crippen molar-refractivity contribution >= 4 is 21.8 Å². The highest BCUT2D eigenvalue weighted by molar-refractivity contribution is 9.10. The zero-order valence-corrected chi connectivity index (χ0v) is 20.1. The van der Waals surface area contributed by atoms with Crippen molar-refractivity contribution in [1.82, 2.24) is 9.47 Å². The predicted octanol–water partition coefficient (Wildman–Crippen LogP) is 4.65. The Morgan fingerprint density at radius 2 is 1.81 bits per heavy atom. The lowest BCUT2D eigenvalue weighted by molar-refractivity contribution is 0.0827. The van der Waals surface area contributed by atoms with Crippen LogP contribution >= 0.6 is 15.9 Å². The first-order valence-electron chi connectivity index (χ1n) is 9.84. The lowest BCUT2D eigenvalue weighted by Gasteiger charge is -2.18. The fraction of sp³-hybridized carbons (Fsp3) is 0.250. The Hall–Kier alpha value is -3.13. The van der Waals surface area contributed by atoms with Gasteiger partial charge in [-0.25, -0.2) is 4.39 Å². The average Bonchev–Trinajstić information content (AvgIpc) is 2.75. The summed E-state index contributed by atoms with van der Waals surface area (Å²) in [4.78, 5) is 27.1. The predicted molar refractivity (Wildman–Crippen MR) is 125 cm³/mol. The van der Waals surface area contributed by atoms with Crippen molar-refractivity contribution in [3.63, 3.8) is 0 Å². The molecule has 3 aromatic rings. The van der Waals surface area contributed by atoms with Crippen LogP contribution < -0.4 is 15.0 Å². The largest absolute Gasteiger partial charge is 0.495 e. The first-order valence-corrected chi connectivity index (χ1v) is 10.6. The normalized spacial score (nSPS) is 10.7. The van der Waals surface area contributed by atoms with E-state index in [2.05, 4.69) is 15.9 Å². The van der Waals surface area contributed by atoms with E-state index in [9.17, 15) is 14.0 Å². The SMILES string of the molecule is COc1ccc(C(=O)N(C)C)cc1-n1c(C)cc(OCc2ccc(C)cc2F)c(Br)c1=O. The highest BCUT2D eigenvalue weighted by Gasteiger charge is 2.19. The third kappa shape index (κ3) is 4.70. The van der Waals surface area contributed by atoms with Crippen molar-refractivity contribution in [1.29, 1.82) is 0 Å². The molecule has 1 amide bonds. The molecule has 0 saturated heterocycles. The second-order valence-electron chi connectivity index (χ2n) is 7.57. The van der Waals surface area contributed by atoms with Gasteiger partial charge in [0.25, 0.3) is 11.5 Å². The molecule has 0 saturated carbocycles. The molecule has 32 heavy (non-hydrogen) atoms. The molecule has 0 fully saturated rings. The number of hydrogen-bond donors (Lipinski definition) is 0. The van der Waals surface area contributed by atoms with Crippen LogP contribution in [0.15, 0.2) is 51.7 Å². The molecule has 8 heteroatoms. The molecule has 0 aliphatic carbocycles. The minimum atomic E-state index is -0.392. The number of hydrogen-bond acceptors (Lipinski definition) is 4. The standard InChI is InChI=1S/C24H24BrFN2O4/c1-14-6-7-17(18(26)10-14)13-32-21-11-15(2)28(24(30)22(21)25)19-12-16(23(29)27(3)4)8-9-20(19)31-5/h6-12H,13H2,1-5H3. The molecule has 0 unspecified atom stereocenters. The Morgan fingerprint density at radius 1 is 1.09 bits per heavy atom. The number of carbonyl (C=O) groups excluding carboxylic acids is 1. The van der Waals surface area contributed by atoms with Gasteiger partial charge >= 0.3 is 0 Å². The molecule has 2 aromatic carbocycles. The number of ether oxygens (including phenoxy) is 2. The number of benzene rings is 2. The maximum atomic E-state index is 14.1. The van der Waals surface area contributed by atoms with Crippen molar-refractivity contribution in [3.05, 3.63) is 85.5 Å². The highest BCUT2D eigenvalue weighted by Crippen LogP contribution is 2.29. The van der Waals surface area contributed by atoms with Gasteiger partial charge in [0.1, 0.15) is 28.4 Å². The van der Waals surface area contributed by atoms with Gasteiger partial charge in [-0.15, -0.1) is 0 Å². The van der Waals surface area contributed by atoms with Gasteiger partial charge in [-0.3, -0.25) is 14.2 Å². The summed E-state index contributed by atoms with van der Waals surface area (Å²) in [5, 5.41) is 0. The number of halogens is 2. The van der Waals surface area contributed by atoms with Crippen molar-refractivity contribution in [2.75, 3.05) is 21.2 Å². The zero-order valence-electron chi connectivity index (χ0n) is 18.5. The second-order valence-corrected chi connectivity index (χ2v) is 8.37. The lowest BCUT2D eigenvalue weighted by atomic mass is 10.1. The Labute approximate surface area is 194 Å². The van der Waals surface area contributed by atoms with Gasteiger partial charge in [0, 0.05) is 37.0 Å². The molecule has 0 radical (unpaired) electrons. The van der Waals surface area contributed by atoms with Gasteiger partial charge in [-0.2, -0.15) is 0 Å². The molecule has 168 valence electrons. The Bertz CT molecular complexity index is 1240.